The highest BCUT2D eigenvalue weighted by atomic mass is 16.4. The summed E-state index contributed by atoms with van der Waals surface area (Å²) in [5, 5.41) is 11.8. The number of nitrogens with one attached hydrogen (secondary N) is 1. The molecular weight excluding hydrogens is 244 g/mol. The van der Waals surface area contributed by atoms with Crippen molar-refractivity contribution in [1.82, 2.24) is 5.32 Å². The Labute approximate surface area is 111 Å². The number of nitrogen functional groups attached to an aromatic ring is 1. The van der Waals surface area contributed by atoms with Crippen LogP contribution in [0, 0.1) is 12.8 Å². The van der Waals surface area contributed by atoms with Gasteiger partial charge >= 0.3 is 5.97 Å². The van der Waals surface area contributed by atoms with Gasteiger partial charge in [-0.2, -0.15) is 0 Å². The lowest BCUT2D eigenvalue weighted by Gasteiger charge is -2.14. The molecule has 0 spiro atoms. The zero-order valence-electron chi connectivity index (χ0n) is 10.8. The minimum absolute atomic E-state index is 0.0755. The number of amides is 1. The molecule has 1 aliphatic carbocycles. The molecule has 1 aromatic carbocycles. The Balaban J connectivity index is 2.02. The first kappa shape index (κ1) is 13.4. The van der Waals surface area contributed by atoms with E-state index in [1.165, 1.54) is 0 Å². The standard InChI is InChI=1S/C14H18N2O3/c1-8-2-5-12(15)11(6-8)13(17)16-10-4-3-9(7-10)14(18)19/h2,5-6,9-10H,3-4,7,15H2,1H3,(H,16,17)(H,18,19)/t9-,10+/m1/s1. The van der Waals surface area contributed by atoms with Crippen LogP contribution in [0.3, 0.4) is 0 Å². The number of rotatable bonds is 3. The van der Waals surface area contributed by atoms with E-state index in [2.05, 4.69) is 5.32 Å². The van der Waals surface area contributed by atoms with Crippen molar-refractivity contribution >= 4 is 17.6 Å². The largest absolute Gasteiger partial charge is 0.481 e. The van der Waals surface area contributed by atoms with Crippen molar-refractivity contribution in [2.75, 3.05) is 5.73 Å². The highest BCUT2D eigenvalue weighted by Crippen LogP contribution is 2.26. The number of aryl methyl sites for hydroxylation is 1. The summed E-state index contributed by atoms with van der Waals surface area (Å²) >= 11 is 0. The monoisotopic (exact) mass is 262 g/mol. The average molecular weight is 262 g/mol. The van der Waals surface area contributed by atoms with Crippen molar-refractivity contribution in [2.24, 2.45) is 5.92 Å². The molecule has 1 saturated carbocycles. The molecule has 0 radical (unpaired) electrons. The predicted molar refractivity (Wildman–Crippen MR) is 71.8 cm³/mol. The molecule has 1 fully saturated rings. The number of carboxylic acids is 1. The van der Waals surface area contributed by atoms with Gasteiger partial charge in [-0.15, -0.1) is 0 Å². The van der Waals surface area contributed by atoms with Gasteiger partial charge in [0.2, 0.25) is 0 Å². The number of carbonyl (C=O) groups is 2. The number of aliphatic carboxylic acids is 1. The van der Waals surface area contributed by atoms with Crippen molar-refractivity contribution in [3.8, 4) is 0 Å². The Hall–Kier alpha value is -2.04. The van der Waals surface area contributed by atoms with Crippen LogP contribution in [0.4, 0.5) is 5.69 Å². The van der Waals surface area contributed by atoms with Crippen LogP contribution in [0.25, 0.3) is 0 Å². The second kappa shape index (κ2) is 5.30. The van der Waals surface area contributed by atoms with Crippen LogP contribution >= 0.6 is 0 Å². The molecule has 5 heteroatoms. The molecule has 0 heterocycles. The van der Waals surface area contributed by atoms with E-state index in [-0.39, 0.29) is 17.9 Å². The molecule has 19 heavy (non-hydrogen) atoms. The van der Waals surface area contributed by atoms with Crippen molar-refractivity contribution in [3.05, 3.63) is 29.3 Å². The second-order valence-corrected chi connectivity index (χ2v) is 5.11. The number of carboxylic acid groups (broad SMARTS) is 1. The summed E-state index contributed by atoms with van der Waals surface area (Å²) in [5.41, 5.74) is 7.65. The number of hydrogen-bond donors (Lipinski definition) is 3. The van der Waals surface area contributed by atoms with Crippen LogP contribution in [0.5, 0.6) is 0 Å². The summed E-state index contributed by atoms with van der Waals surface area (Å²) in [7, 11) is 0. The van der Waals surface area contributed by atoms with E-state index >= 15 is 0 Å². The first-order chi connectivity index (χ1) is 8.97. The van der Waals surface area contributed by atoms with E-state index in [0.717, 1.165) is 5.56 Å². The van der Waals surface area contributed by atoms with Crippen LogP contribution in [0.1, 0.15) is 35.2 Å². The van der Waals surface area contributed by atoms with Gasteiger partial charge in [-0.25, -0.2) is 0 Å². The molecule has 5 nitrogen and oxygen atoms in total. The van der Waals surface area contributed by atoms with Gasteiger partial charge in [0.1, 0.15) is 0 Å². The van der Waals surface area contributed by atoms with E-state index < -0.39 is 5.97 Å². The van der Waals surface area contributed by atoms with Gasteiger partial charge in [0.25, 0.3) is 5.91 Å². The third-order valence-corrected chi connectivity index (χ3v) is 3.57. The molecular formula is C14H18N2O3. The Morgan fingerprint density at radius 3 is 2.74 bits per heavy atom. The van der Waals surface area contributed by atoms with Gasteiger partial charge in [0, 0.05) is 11.7 Å². The van der Waals surface area contributed by atoms with E-state index in [0.29, 0.717) is 30.5 Å². The van der Waals surface area contributed by atoms with Crippen LogP contribution in [0.15, 0.2) is 18.2 Å². The molecule has 4 N–H and O–H groups in total. The molecule has 1 aliphatic rings. The Bertz CT molecular complexity index is 513. The summed E-state index contributed by atoms with van der Waals surface area (Å²) < 4.78 is 0. The Morgan fingerprint density at radius 1 is 1.37 bits per heavy atom. The first-order valence-electron chi connectivity index (χ1n) is 6.37. The summed E-state index contributed by atoms with van der Waals surface area (Å²) in [4.78, 5) is 23.0. The average Bonchev–Trinajstić information content (AvgIpc) is 2.80. The van der Waals surface area contributed by atoms with Crippen molar-refractivity contribution in [3.63, 3.8) is 0 Å². The summed E-state index contributed by atoms with van der Waals surface area (Å²) in [6, 6.07) is 5.23. The van der Waals surface area contributed by atoms with Crippen molar-refractivity contribution in [2.45, 2.75) is 32.2 Å². The van der Waals surface area contributed by atoms with Gasteiger partial charge in [0.15, 0.2) is 0 Å². The van der Waals surface area contributed by atoms with Crippen LogP contribution in [0.2, 0.25) is 0 Å². The van der Waals surface area contributed by atoms with Crippen LogP contribution < -0.4 is 11.1 Å². The highest BCUT2D eigenvalue weighted by molar-refractivity contribution is 5.99. The van der Waals surface area contributed by atoms with Crippen LogP contribution in [-0.2, 0) is 4.79 Å². The maximum absolute atomic E-state index is 12.1. The quantitative estimate of drug-likeness (QED) is 0.721. The number of nitrogens with two attached hydrogens (primary N) is 1. The van der Waals surface area contributed by atoms with Crippen molar-refractivity contribution < 1.29 is 14.7 Å². The fourth-order valence-corrected chi connectivity index (χ4v) is 2.47. The lowest BCUT2D eigenvalue weighted by Crippen LogP contribution is -2.33. The molecule has 0 unspecified atom stereocenters. The minimum Gasteiger partial charge on any atom is -0.481 e. The van der Waals surface area contributed by atoms with Gasteiger partial charge < -0.3 is 16.2 Å². The molecule has 2 rings (SSSR count). The molecule has 1 amide bonds. The maximum Gasteiger partial charge on any atom is 0.306 e. The number of anilines is 1. The maximum atomic E-state index is 12.1. The minimum atomic E-state index is -0.785. The van der Waals surface area contributed by atoms with Gasteiger partial charge in [-0.3, -0.25) is 9.59 Å². The fraction of sp³-hybridized carbons (Fsp3) is 0.429. The summed E-state index contributed by atoms with van der Waals surface area (Å²) in [6.07, 6.45) is 1.81. The molecule has 0 aliphatic heterocycles. The zero-order chi connectivity index (χ0) is 14.0. The SMILES string of the molecule is Cc1ccc(N)c(C(=O)N[C@H]2CC[C@@H](C(=O)O)C2)c1. The lowest BCUT2D eigenvalue weighted by atomic mass is 10.1. The molecule has 0 aromatic heterocycles. The topological polar surface area (TPSA) is 92.4 Å². The summed E-state index contributed by atoms with van der Waals surface area (Å²) in [5.74, 6) is -1.36. The number of carbonyl (C=O) groups excluding carboxylic acids is 1. The van der Waals surface area contributed by atoms with Gasteiger partial charge in [-0.05, 0) is 38.3 Å². The van der Waals surface area contributed by atoms with E-state index in [4.69, 9.17) is 10.8 Å². The molecule has 0 saturated heterocycles. The van der Waals surface area contributed by atoms with Gasteiger partial charge in [-0.1, -0.05) is 11.6 Å². The Kier molecular flexibility index (Phi) is 3.74. The third-order valence-electron chi connectivity index (χ3n) is 3.57. The van der Waals surface area contributed by atoms with Gasteiger partial charge in [0.05, 0.1) is 11.5 Å². The molecule has 0 bridgehead atoms. The molecule has 102 valence electrons. The Morgan fingerprint density at radius 2 is 2.11 bits per heavy atom. The van der Waals surface area contributed by atoms with E-state index in [1.807, 2.05) is 13.0 Å². The number of benzene rings is 1. The molecule has 1 aromatic rings. The van der Waals surface area contributed by atoms with E-state index in [1.54, 1.807) is 12.1 Å². The first-order valence-corrected chi connectivity index (χ1v) is 6.37. The van der Waals surface area contributed by atoms with Crippen molar-refractivity contribution in [1.29, 1.82) is 0 Å². The summed E-state index contributed by atoms with van der Waals surface area (Å²) in [6.45, 7) is 1.90. The normalized spacial score (nSPS) is 22.2. The highest BCUT2D eigenvalue weighted by Gasteiger charge is 2.30. The molecule has 2 atom stereocenters. The third kappa shape index (κ3) is 3.05. The van der Waals surface area contributed by atoms with E-state index in [9.17, 15) is 9.59 Å². The smallest absolute Gasteiger partial charge is 0.306 e. The second-order valence-electron chi connectivity index (χ2n) is 5.11. The zero-order valence-corrected chi connectivity index (χ0v) is 10.8. The fourth-order valence-electron chi connectivity index (χ4n) is 2.47. The lowest BCUT2D eigenvalue weighted by molar-refractivity contribution is -0.141. The predicted octanol–water partition coefficient (Wildman–Crippen LogP) is 1.56. The van der Waals surface area contributed by atoms with Crippen LogP contribution in [-0.4, -0.2) is 23.0 Å². The number of hydrogen-bond acceptors (Lipinski definition) is 3.